The minimum absolute atomic E-state index is 0.699. The Bertz CT molecular complexity index is 1270. The molecule has 0 saturated carbocycles. The Morgan fingerprint density at radius 1 is 0.680 bits per heavy atom. The third-order valence-electron chi connectivity index (χ3n) is 7.61. The molecule has 0 aromatic heterocycles. The van der Waals surface area contributed by atoms with Crippen LogP contribution in [-0.2, 0) is 52.5 Å². The Morgan fingerprint density at radius 2 is 1.12 bits per heavy atom. The number of rotatable bonds is 15. The van der Waals surface area contributed by atoms with E-state index in [1.54, 1.807) is 0 Å². The fourth-order valence-corrected chi connectivity index (χ4v) is 5.63. The van der Waals surface area contributed by atoms with E-state index in [1.165, 1.54) is 0 Å². The van der Waals surface area contributed by atoms with Crippen LogP contribution in [0.25, 0.3) is 0 Å². The summed E-state index contributed by atoms with van der Waals surface area (Å²) in [6.07, 6.45) is -17.3. The molecular formula is C28H45N5O17. The summed E-state index contributed by atoms with van der Waals surface area (Å²) in [7, 11) is 0. The predicted molar refractivity (Wildman–Crippen MR) is 161 cm³/mol. The number of aliphatic hydroxyl groups is 4. The molecule has 50 heavy (non-hydrogen) atoms. The average Bonchev–Trinajstić information content (AvgIpc) is 2.98. The number of aliphatic hydroxyl groups excluding tert-OH is 4. The molecule has 0 spiro atoms. The molecule has 2 saturated heterocycles. The molecule has 0 bridgehead atoms. The van der Waals surface area contributed by atoms with Crippen LogP contribution >= 0.6 is 0 Å². The van der Waals surface area contributed by atoms with Crippen LogP contribution in [0.2, 0.25) is 0 Å². The first-order valence-corrected chi connectivity index (χ1v) is 15.3. The lowest BCUT2D eigenvalue weighted by Crippen LogP contribution is -2.74. The monoisotopic (exact) mass is 723 g/mol. The maximum Gasteiger partial charge on any atom is 0.335 e. The summed E-state index contributed by atoms with van der Waals surface area (Å²) in [6.45, 7) is 5.47. The summed E-state index contributed by atoms with van der Waals surface area (Å²) in [5, 5.41) is 73.6. The Kier molecular flexibility index (Phi) is 15.4. The molecule has 2 aliphatic heterocycles. The lowest BCUT2D eigenvalue weighted by atomic mass is 9.91. The summed E-state index contributed by atoms with van der Waals surface area (Å²) in [5.74, 6) is -7.39. The number of aliphatic carboxylic acids is 2. The SMILES string of the molecule is CC(=O)N[C@@H]1[C@H](O[C@@H]([C@@H](O)[C@@H](C)O)[C@H](CO)NC(C)=O)O[C@H](C(=O)O)[C@@H](O[C@@H]2O[C@H](C(=O)O)[C@@H](O)[C@H](NC(C)=O)[C@@H]2NC(C)=O)[C@@H]1NC(C)=O. The maximum atomic E-state index is 12.7. The first-order valence-electron chi connectivity index (χ1n) is 15.3. The van der Waals surface area contributed by atoms with E-state index in [0.29, 0.717) is 0 Å². The van der Waals surface area contributed by atoms with Gasteiger partial charge >= 0.3 is 11.9 Å². The van der Waals surface area contributed by atoms with Crippen LogP contribution in [-0.4, -0.2) is 164 Å². The van der Waals surface area contributed by atoms with Crippen molar-refractivity contribution in [3.05, 3.63) is 0 Å². The van der Waals surface area contributed by atoms with Gasteiger partial charge in [0.2, 0.25) is 29.5 Å². The molecule has 0 aromatic rings. The van der Waals surface area contributed by atoms with Crippen molar-refractivity contribution in [1.82, 2.24) is 26.6 Å². The zero-order chi connectivity index (χ0) is 38.2. The molecule has 2 fully saturated rings. The predicted octanol–water partition coefficient (Wildman–Crippen LogP) is -6.01. The number of hydrogen-bond acceptors (Lipinski definition) is 15. The van der Waals surface area contributed by atoms with Crippen LogP contribution in [0, 0.1) is 0 Å². The molecule has 2 rings (SSSR count). The van der Waals surface area contributed by atoms with Gasteiger partial charge in [0.25, 0.3) is 0 Å². The molecule has 284 valence electrons. The number of hydrogen-bond donors (Lipinski definition) is 11. The number of ether oxygens (including phenoxy) is 4. The quantitative estimate of drug-likeness (QED) is 0.0749. The second-order valence-electron chi connectivity index (χ2n) is 11.8. The number of carboxylic acids is 2. The van der Waals surface area contributed by atoms with Crippen LogP contribution in [0.4, 0.5) is 0 Å². The molecule has 11 N–H and O–H groups in total. The summed E-state index contributed by atoms with van der Waals surface area (Å²) < 4.78 is 23.0. The summed E-state index contributed by atoms with van der Waals surface area (Å²) >= 11 is 0. The second kappa shape index (κ2) is 18.3. The molecule has 22 heteroatoms. The normalized spacial score (nSPS) is 31.9. The highest BCUT2D eigenvalue weighted by Gasteiger charge is 2.56. The average molecular weight is 724 g/mol. The van der Waals surface area contributed by atoms with Gasteiger partial charge in [-0.3, -0.25) is 24.0 Å². The lowest BCUT2D eigenvalue weighted by molar-refractivity contribution is -0.312. The van der Waals surface area contributed by atoms with Crippen molar-refractivity contribution < 1.29 is 83.1 Å². The van der Waals surface area contributed by atoms with Crippen molar-refractivity contribution in [2.24, 2.45) is 0 Å². The summed E-state index contributed by atoms with van der Waals surface area (Å²) in [6, 6.07) is -7.92. The van der Waals surface area contributed by atoms with E-state index >= 15 is 0 Å². The molecule has 0 radical (unpaired) electrons. The Morgan fingerprint density at radius 3 is 1.54 bits per heavy atom. The van der Waals surface area contributed by atoms with Gasteiger partial charge in [-0.2, -0.15) is 0 Å². The molecule has 2 heterocycles. The molecule has 5 amide bonds. The van der Waals surface area contributed by atoms with E-state index in [2.05, 4.69) is 26.6 Å². The Hall–Kier alpha value is -4.03. The van der Waals surface area contributed by atoms with Gasteiger partial charge < -0.3 is 76.2 Å². The van der Waals surface area contributed by atoms with Crippen molar-refractivity contribution in [1.29, 1.82) is 0 Å². The maximum absolute atomic E-state index is 12.7. The van der Waals surface area contributed by atoms with Gasteiger partial charge in [0.1, 0.15) is 36.5 Å². The van der Waals surface area contributed by atoms with E-state index in [-0.39, 0.29) is 0 Å². The highest BCUT2D eigenvalue weighted by atomic mass is 16.7. The highest BCUT2D eigenvalue weighted by Crippen LogP contribution is 2.31. The van der Waals surface area contributed by atoms with Gasteiger partial charge in [-0.25, -0.2) is 9.59 Å². The van der Waals surface area contributed by atoms with Gasteiger partial charge in [-0.15, -0.1) is 0 Å². The van der Waals surface area contributed by atoms with Gasteiger partial charge in [0.15, 0.2) is 24.8 Å². The van der Waals surface area contributed by atoms with Crippen molar-refractivity contribution >= 4 is 41.5 Å². The van der Waals surface area contributed by atoms with Gasteiger partial charge in [0, 0.05) is 34.6 Å². The van der Waals surface area contributed by atoms with Crippen LogP contribution in [0.15, 0.2) is 0 Å². The van der Waals surface area contributed by atoms with Gasteiger partial charge in [0.05, 0.1) is 30.8 Å². The number of carboxylic acid groups (broad SMARTS) is 2. The second-order valence-corrected chi connectivity index (χ2v) is 11.8. The minimum Gasteiger partial charge on any atom is -0.479 e. The number of carbonyl (C=O) groups excluding carboxylic acids is 5. The molecule has 0 unspecified atom stereocenters. The van der Waals surface area contributed by atoms with Crippen LogP contribution < -0.4 is 26.6 Å². The van der Waals surface area contributed by atoms with E-state index in [1.807, 2.05) is 0 Å². The van der Waals surface area contributed by atoms with Crippen LogP contribution in [0.3, 0.4) is 0 Å². The third kappa shape index (κ3) is 11.0. The fourth-order valence-electron chi connectivity index (χ4n) is 5.63. The first-order chi connectivity index (χ1) is 23.2. The Labute approximate surface area is 285 Å². The van der Waals surface area contributed by atoms with Crippen molar-refractivity contribution in [2.75, 3.05) is 6.61 Å². The lowest BCUT2D eigenvalue weighted by Gasteiger charge is -2.50. The van der Waals surface area contributed by atoms with Crippen molar-refractivity contribution in [3.63, 3.8) is 0 Å². The van der Waals surface area contributed by atoms with Crippen molar-refractivity contribution in [2.45, 2.75) is 127 Å². The standard InChI is InChI=1S/C28H45N5O17/c1-8(35)19(41)21(14(7-34)29-9(2)36)47-28-18(33-13(6)40)16(31-11(4)38)22(24(50-28)26(45)46)48-27-17(32-12(5)39)15(30-10(3)37)20(42)23(49-27)25(43)44/h8,14-24,27-28,34-35,41-42H,7H2,1-6H3,(H,29,36)(H,30,37)(H,31,38)(H,32,39)(H,33,40)(H,43,44)(H,45,46)/t8-,14+,15-,16-,17+,18+,19+,20+,21-,22+,23+,24+,27-,28-/m1/s1. The minimum atomic E-state index is -2.20. The molecule has 0 aliphatic carbocycles. The molecule has 22 nitrogen and oxygen atoms in total. The third-order valence-corrected chi connectivity index (χ3v) is 7.61. The fraction of sp³-hybridized carbons (Fsp3) is 0.750. The van der Waals surface area contributed by atoms with E-state index in [0.717, 1.165) is 41.5 Å². The zero-order valence-corrected chi connectivity index (χ0v) is 28.0. The first kappa shape index (κ1) is 42.1. The van der Waals surface area contributed by atoms with Gasteiger partial charge in [-0.05, 0) is 6.92 Å². The zero-order valence-electron chi connectivity index (χ0n) is 28.0. The van der Waals surface area contributed by atoms with E-state index in [4.69, 9.17) is 18.9 Å². The number of amides is 5. The van der Waals surface area contributed by atoms with Gasteiger partial charge in [-0.1, -0.05) is 0 Å². The molecule has 2 aliphatic rings. The molecule has 14 atom stereocenters. The molecular weight excluding hydrogens is 678 g/mol. The number of carbonyl (C=O) groups is 7. The Balaban J connectivity index is 2.74. The highest BCUT2D eigenvalue weighted by molar-refractivity contribution is 5.78. The number of nitrogens with one attached hydrogen (secondary N) is 5. The van der Waals surface area contributed by atoms with E-state index in [9.17, 15) is 64.2 Å². The smallest absolute Gasteiger partial charge is 0.335 e. The van der Waals surface area contributed by atoms with Crippen LogP contribution in [0.5, 0.6) is 0 Å². The molecule has 0 aromatic carbocycles. The van der Waals surface area contributed by atoms with Crippen LogP contribution in [0.1, 0.15) is 41.5 Å². The topological polar surface area (TPSA) is 338 Å². The van der Waals surface area contributed by atoms with E-state index < -0.39 is 134 Å². The largest absolute Gasteiger partial charge is 0.479 e. The summed E-state index contributed by atoms with van der Waals surface area (Å²) in [4.78, 5) is 85.8. The summed E-state index contributed by atoms with van der Waals surface area (Å²) in [5.41, 5.74) is 0. The van der Waals surface area contributed by atoms with Crippen molar-refractivity contribution in [3.8, 4) is 0 Å².